The van der Waals surface area contributed by atoms with E-state index in [0.29, 0.717) is 0 Å². The minimum Gasteiger partial charge on any atom is -0.137 e. The van der Waals surface area contributed by atoms with Crippen LogP contribution in [0.5, 0.6) is 0 Å². The first-order chi connectivity index (χ1) is 4.47. The second-order valence-electron chi connectivity index (χ2n) is 1.93. The van der Waals surface area contributed by atoms with E-state index in [9.17, 15) is 0 Å². The zero-order valence-corrected chi connectivity index (χ0v) is 6.47. The Kier molecular flexibility index (Phi) is 1.36. The minimum absolute atomic E-state index is 1.13. The maximum atomic E-state index is 2.21. The van der Waals surface area contributed by atoms with Crippen molar-refractivity contribution >= 4 is 23.1 Å². The fraction of sp³-hybridized carbons (Fsp3) is 0.143. The van der Waals surface area contributed by atoms with E-state index >= 15 is 0 Å². The predicted octanol–water partition coefficient (Wildman–Crippen LogP) is 2.91. The number of fused-ring (bicyclic) bond motifs is 1. The monoisotopic (exact) mass is 154 g/mol. The van der Waals surface area contributed by atoms with Crippen molar-refractivity contribution in [2.24, 2.45) is 0 Å². The Labute approximate surface area is 62.6 Å². The number of thiophene rings is 1. The summed E-state index contributed by atoms with van der Waals surface area (Å²) in [7, 11) is 0. The van der Waals surface area contributed by atoms with E-state index in [4.69, 9.17) is 0 Å². The lowest BCUT2D eigenvalue weighted by atomic mass is 10.2. The van der Waals surface area contributed by atoms with Crippen molar-refractivity contribution in [3.63, 3.8) is 0 Å². The Morgan fingerprint density at radius 3 is 3.33 bits per heavy atom. The summed E-state index contributed by atoms with van der Waals surface area (Å²) < 4.78 is 1.47. The van der Waals surface area contributed by atoms with Gasteiger partial charge in [0.15, 0.2) is 0 Å². The summed E-state index contributed by atoms with van der Waals surface area (Å²) in [5, 5.41) is 4.32. The lowest BCUT2D eigenvalue weighted by Gasteiger charge is -2.00. The summed E-state index contributed by atoms with van der Waals surface area (Å²) in [6, 6.07) is 2.20. The second kappa shape index (κ2) is 2.20. The van der Waals surface area contributed by atoms with E-state index in [2.05, 4.69) is 22.9 Å². The Bertz CT molecular complexity index is 212. The Hall–Kier alpha value is -0.210. The molecule has 0 amide bonds. The lowest BCUT2D eigenvalue weighted by Crippen LogP contribution is -1.80. The Morgan fingerprint density at radius 1 is 1.44 bits per heavy atom. The Morgan fingerprint density at radius 2 is 2.44 bits per heavy atom. The summed E-state index contributed by atoms with van der Waals surface area (Å²) in [6.45, 7) is 0. The van der Waals surface area contributed by atoms with E-state index in [-0.39, 0.29) is 0 Å². The van der Waals surface area contributed by atoms with Gasteiger partial charge in [-0.25, -0.2) is 0 Å². The molecule has 0 saturated carbocycles. The van der Waals surface area contributed by atoms with Crippen LogP contribution in [0.15, 0.2) is 27.1 Å². The van der Waals surface area contributed by atoms with Crippen molar-refractivity contribution in [2.75, 3.05) is 0 Å². The molecule has 0 nitrogen and oxygen atoms in total. The first kappa shape index (κ1) is 5.57. The minimum atomic E-state index is 1.13. The largest absolute Gasteiger partial charge is 0.137 e. The first-order valence-corrected chi connectivity index (χ1v) is 4.61. The Balaban J connectivity index is 2.46. The van der Waals surface area contributed by atoms with Gasteiger partial charge in [-0.2, -0.15) is 0 Å². The molecule has 0 spiro atoms. The van der Waals surface area contributed by atoms with Crippen molar-refractivity contribution in [2.45, 2.75) is 10.6 Å². The highest BCUT2D eigenvalue weighted by atomic mass is 32.2. The van der Waals surface area contributed by atoms with Crippen molar-refractivity contribution in [1.29, 1.82) is 0 Å². The quantitative estimate of drug-likeness (QED) is 0.553. The van der Waals surface area contributed by atoms with Gasteiger partial charge in [0.2, 0.25) is 0 Å². The van der Waals surface area contributed by atoms with Crippen LogP contribution in [0.25, 0.3) is 0 Å². The second-order valence-corrected chi connectivity index (χ2v) is 4.02. The lowest BCUT2D eigenvalue weighted by molar-refractivity contribution is 1.23. The molecule has 0 N–H and O–H groups in total. The number of rotatable bonds is 0. The third-order valence-corrected chi connectivity index (χ3v) is 3.45. The molecule has 0 fully saturated rings. The molecule has 0 atom stereocenters. The van der Waals surface area contributed by atoms with Crippen LogP contribution in [-0.2, 0) is 6.42 Å². The first-order valence-electron chi connectivity index (χ1n) is 2.85. The molecule has 9 heavy (non-hydrogen) atoms. The van der Waals surface area contributed by atoms with E-state index in [0.717, 1.165) is 6.42 Å². The third kappa shape index (κ3) is 0.926. The zero-order valence-electron chi connectivity index (χ0n) is 4.83. The molecule has 0 aliphatic carbocycles. The molecule has 2 heterocycles. The smallest absolute Gasteiger partial charge is 0.0675 e. The number of hydrogen-bond acceptors (Lipinski definition) is 2. The van der Waals surface area contributed by atoms with Gasteiger partial charge < -0.3 is 0 Å². The summed E-state index contributed by atoms with van der Waals surface area (Å²) in [5.41, 5.74) is 1.49. The van der Waals surface area contributed by atoms with E-state index in [1.807, 2.05) is 23.1 Å². The number of hydrogen-bond donors (Lipinski definition) is 0. The van der Waals surface area contributed by atoms with Crippen molar-refractivity contribution < 1.29 is 0 Å². The van der Waals surface area contributed by atoms with Gasteiger partial charge >= 0.3 is 0 Å². The highest BCUT2D eigenvalue weighted by Crippen LogP contribution is 2.33. The molecular weight excluding hydrogens is 148 g/mol. The highest BCUT2D eigenvalue weighted by molar-refractivity contribution is 8.03. The van der Waals surface area contributed by atoms with E-state index < -0.39 is 0 Å². The van der Waals surface area contributed by atoms with Gasteiger partial charge in [0.1, 0.15) is 0 Å². The fourth-order valence-electron chi connectivity index (χ4n) is 0.862. The van der Waals surface area contributed by atoms with Crippen LogP contribution in [-0.4, -0.2) is 0 Å². The molecule has 1 aromatic rings. The van der Waals surface area contributed by atoms with Crippen LogP contribution >= 0.6 is 23.1 Å². The van der Waals surface area contributed by atoms with Crippen LogP contribution < -0.4 is 0 Å². The average Bonchev–Trinajstić information content (AvgIpc) is 2.33. The molecule has 1 aromatic heterocycles. The van der Waals surface area contributed by atoms with Crippen molar-refractivity contribution in [3.8, 4) is 0 Å². The summed E-state index contributed by atoms with van der Waals surface area (Å²) in [4.78, 5) is 0. The maximum absolute atomic E-state index is 2.21. The van der Waals surface area contributed by atoms with Crippen LogP contribution in [0.1, 0.15) is 5.56 Å². The van der Waals surface area contributed by atoms with Gasteiger partial charge in [-0.15, -0.1) is 11.3 Å². The molecule has 1 aliphatic heterocycles. The molecule has 2 heteroatoms. The molecule has 46 valence electrons. The van der Waals surface area contributed by atoms with Gasteiger partial charge in [0.05, 0.1) is 4.21 Å². The van der Waals surface area contributed by atoms with Crippen LogP contribution in [0.2, 0.25) is 0 Å². The number of thioether (sulfide) groups is 1. The fourth-order valence-corrected chi connectivity index (χ4v) is 2.69. The van der Waals surface area contributed by atoms with Crippen molar-refractivity contribution in [3.05, 3.63) is 28.5 Å². The topological polar surface area (TPSA) is 0 Å². The number of allylic oxidation sites excluding steroid dienone is 1. The molecule has 0 bridgehead atoms. The molecule has 0 aromatic carbocycles. The standard InChI is InChI=1S/C7H6S2/c1-2-6-3-5-9-7(6)8-4-1/h1,3-5H,2H2. The van der Waals surface area contributed by atoms with E-state index in [1.54, 1.807) is 0 Å². The van der Waals surface area contributed by atoms with Gasteiger partial charge in [-0.3, -0.25) is 0 Å². The molecular formula is C7H6S2. The van der Waals surface area contributed by atoms with Gasteiger partial charge in [0, 0.05) is 0 Å². The average molecular weight is 154 g/mol. The van der Waals surface area contributed by atoms with Gasteiger partial charge in [-0.05, 0) is 28.8 Å². The van der Waals surface area contributed by atoms with Crippen molar-refractivity contribution in [1.82, 2.24) is 0 Å². The molecule has 0 saturated heterocycles. The third-order valence-electron chi connectivity index (χ3n) is 1.32. The molecule has 1 aliphatic rings. The zero-order chi connectivity index (χ0) is 6.10. The SMILES string of the molecule is C1=CSc2sccc2C1. The molecule has 0 radical (unpaired) electrons. The van der Waals surface area contributed by atoms with Crippen LogP contribution in [0.4, 0.5) is 0 Å². The van der Waals surface area contributed by atoms with Crippen LogP contribution in [0.3, 0.4) is 0 Å². The molecule has 0 unspecified atom stereocenters. The summed E-state index contributed by atoms with van der Waals surface area (Å²) in [6.07, 6.45) is 3.34. The van der Waals surface area contributed by atoms with Gasteiger partial charge in [0.25, 0.3) is 0 Å². The van der Waals surface area contributed by atoms with E-state index in [1.165, 1.54) is 9.77 Å². The van der Waals surface area contributed by atoms with Gasteiger partial charge in [-0.1, -0.05) is 17.8 Å². The van der Waals surface area contributed by atoms with Crippen LogP contribution in [0, 0.1) is 0 Å². The maximum Gasteiger partial charge on any atom is 0.0675 e. The molecule has 2 rings (SSSR count). The highest BCUT2D eigenvalue weighted by Gasteiger charge is 2.04. The summed E-state index contributed by atoms with van der Waals surface area (Å²) in [5.74, 6) is 0. The normalized spacial score (nSPS) is 15.6. The predicted molar refractivity (Wildman–Crippen MR) is 43.0 cm³/mol. The summed E-state index contributed by atoms with van der Waals surface area (Å²) >= 11 is 3.67.